The van der Waals surface area contributed by atoms with Crippen LogP contribution < -0.4 is 20.5 Å². The number of rotatable bonds is 11. The van der Waals surface area contributed by atoms with Gasteiger partial charge in [-0.05, 0) is 35.6 Å². The van der Waals surface area contributed by atoms with Gasteiger partial charge in [-0.3, -0.25) is 14.9 Å². The molecule has 3 N–H and O–H groups in total. The van der Waals surface area contributed by atoms with E-state index in [4.69, 9.17) is 15.2 Å². The van der Waals surface area contributed by atoms with Crippen LogP contribution in [-0.2, 0) is 22.4 Å². The summed E-state index contributed by atoms with van der Waals surface area (Å²) in [5, 5.41) is 2.59. The summed E-state index contributed by atoms with van der Waals surface area (Å²) in [4.78, 5) is 29.6. The maximum atomic E-state index is 12.8. The first-order chi connectivity index (χ1) is 15.3. The number of benzene rings is 2. The molecule has 32 heavy (non-hydrogen) atoms. The fraction of sp³-hybridized carbons (Fsp3) is 0.400. The van der Waals surface area contributed by atoms with Gasteiger partial charge in [0.15, 0.2) is 23.2 Å². The standard InChI is InChI=1S/C25H33N3O4/c1-17(2)10-12-21(29)20(14-18-8-6-5-7-9-18)27-25(26)28-24(30)16-19-11-13-22(31-3)23(15-19)32-4/h5-9,11,13,15,17,20H,10,12,14,16H2,1-4H3,(H3,26,27,28,30)/t20-/m1/s1. The van der Waals surface area contributed by atoms with Crippen molar-refractivity contribution in [2.45, 2.75) is 45.6 Å². The molecule has 0 bridgehead atoms. The molecule has 0 aliphatic heterocycles. The Morgan fingerprint density at radius 1 is 1.00 bits per heavy atom. The average Bonchev–Trinajstić information content (AvgIpc) is 2.77. The second kappa shape index (κ2) is 12.5. The van der Waals surface area contributed by atoms with E-state index in [1.165, 1.54) is 7.11 Å². The molecule has 1 amide bonds. The van der Waals surface area contributed by atoms with Crippen LogP contribution in [0.3, 0.4) is 0 Å². The zero-order valence-electron chi connectivity index (χ0n) is 19.3. The number of hydrogen-bond donors (Lipinski definition) is 2. The number of Topliss-reactive ketones (excluding diaryl/α,β-unsaturated/α-hetero) is 1. The van der Waals surface area contributed by atoms with Crippen LogP contribution in [0.25, 0.3) is 0 Å². The maximum Gasteiger partial charge on any atom is 0.231 e. The minimum Gasteiger partial charge on any atom is -0.493 e. The summed E-state index contributed by atoms with van der Waals surface area (Å²) in [6.45, 7) is 4.15. The molecular weight excluding hydrogens is 406 g/mol. The van der Waals surface area contributed by atoms with Crippen LogP contribution in [0.15, 0.2) is 53.5 Å². The average molecular weight is 440 g/mol. The first kappa shape index (κ1) is 24.9. The van der Waals surface area contributed by atoms with Crippen LogP contribution in [0, 0.1) is 5.92 Å². The summed E-state index contributed by atoms with van der Waals surface area (Å²) in [5.74, 6) is 1.17. The second-order valence-electron chi connectivity index (χ2n) is 8.03. The van der Waals surface area contributed by atoms with Crippen molar-refractivity contribution in [1.29, 1.82) is 0 Å². The van der Waals surface area contributed by atoms with Crippen molar-refractivity contribution in [1.82, 2.24) is 5.32 Å². The van der Waals surface area contributed by atoms with Crippen molar-refractivity contribution in [3.05, 3.63) is 59.7 Å². The van der Waals surface area contributed by atoms with E-state index in [9.17, 15) is 9.59 Å². The molecule has 0 saturated heterocycles. The normalized spacial score (nSPS) is 12.3. The van der Waals surface area contributed by atoms with E-state index in [2.05, 4.69) is 24.2 Å². The lowest BCUT2D eigenvalue weighted by molar-refractivity contribution is -0.121. The molecule has 1 atom stereocenters. The molecule has 0 aliphatic rings. The Balaban J connectivity index is 2.08. The quantitative estimate of drug-likeness (QED) is 0.413. The maximum absolute atomic E-state index is 12.8. The number of ether oxygens (including phenoxy) is 2. The number of aliphatic imine (C=N–C) groups is 1. The van der Waals surface area contributed by atoms with Gasteiger partial charge in [-0.15, -0.1) is 0 Å². The summed E-state index contributed by atoms with van der Waals surface area (Å²) in [6, 6.07) is 14.3. The molecule has 0 spiro atoms. The van der Waals surface area contributed by atoms with Crippen molar-refractivity contribution >= 4 is 17.6 Å². The van der Waals surface area contributed by atoms with Crippen LogP contribution in [-0.4, -0.2) is 37.9 Å². The number of nitrogens with one attached hydrogen (secondary N) is 1. The van der Waals surface area contributed by atoms with Crippen molar-refractivity contribution in [2.24, 2.45) is 16.6 Å². The molecule has 7 nitrogen and oxygen atoms in total. The van der Waals surface area contributed by atoms with E-state index in [1.54, 1.807) is 25.3 Å². The highest BCUT2D eigenvalue weighted by Crippen LogP contribution is 2.27. The van der Waals surface area contributed by atoms with Gasteiger partial charge in [0.2, 0.25) is 5.91 Å². The first-order valence-electron chi connectivity index (χ1n) is 10.7. The third-order valence-corrected chi connectivity index (χ3v) is 4.99. The molecule has 172 valence electrons. The predicted octanol–water partition coefficient (Wildman–Crippen LogP) is 3.29. The molecule has 0 aliphatic carbocycles. The van der Waals surface area contributed by atoms with Crippen molar-refractivity contribution in [3.63, 3.8) is 0 Å². The minimum absolute atomic E-state index is 0.0136. The van der Waals surface area contributed by atoms with Gasteiger partial charge in [-0.2, -0.15) is 0 Å². The van der Waals surface area contributed by atoms with Gasteiger partial charge in [0.25, 0.3) is 0 Å². The van der Waals surface area contributed by atoms with Crippen LogP contribution in [0.2, 0.25) is 0 Å². The third-order valence-electron chi connectivity index (χ3n) is 4.99. The lowest BCUT2D eigenvalue weighted by Crippen LogP contribution is -2.39. The van der Waals surface area contributed by atoms with Gasteiger partial charge in [-0.1, -0.05) is 50.2 Å². The highest BCUT2D eigenvalue weighted by molar-refractivity contribution is 5.98. The fourth-order valence-corrected chi connectivity index (χ4v) is 3.23. The molecule has 0 unspecified atom stereocenters. The number of nitrogens with zero attached hydrogens (tertiary/aromatic N) is 1. The number of hydrogen-bond acceptors (Lipinski definition) is 5. The lowest BCUT2D eigenvalue weighted by Gasteiger charge is -2.14. The van der Waals surface area contributed by atoms with Gasteiger partial charge in [-0.25, -0.2) is 4.99 Å². The Hall–Kier alpha value is -3.35. The Kier molecular flexibility index (Phi) is 9.73. The molecular formula is C25H33N3O4. The highest BCUT2D eigenvalue weighted by Gasteiger charge is 2.19. The highest BCUT2D eigenvalue weighted by atomic mass is 16.5. The second-order valence-corrected chi connectivity index (χ2v) is 8.03. The van der Waals surface area contributed by atoms with Crippen LogP contribution in [0.5, 0.6) is 11.5 Å². The number of guanidine groups is 1. The number of carbonyl (C=O) groups is 2. The minimum atomic E-state index is -0.641. The van der Waals surface area contributed by atoms with E-state index in [1.807, 2.05) is 30.3 Å². The van der Waals surface area contributed by atoms with Gasteiger partial charge in [0, 0.05) is 12.8 Å². The predicted molar refractivity (Wildman–Crippen MR) is 126 cm³/mol. The Morgan fingerprint density at radius 3 is 2.31 bits per heavy atom. The summed E-state index contributed by atoms with van der Waals surface area (Å²) < 4.78 is 10.5. The van der Waals surface area contributed by atoms with E-state index in [0.717, 1.165) is 17.5 Å². The SMILES string of the molecule is COc1ccc(CC(=O)NC(N)=N[C@H](Cc2ccccc2)C(=O)CCC(C)C)cc1OC. The smallest absolute Gasteiger partial charge is 0.231 e. The molecule has 0 fully saturated rings. The van der Waals surface area contributed by atoms with Crippen molar-refractivity contribution < 1.29 is 19.1 Å². The first-order valence-corrected chi connectivity index (χ1v) is 10.7. The fourth-order valence-electron chi connectivity index (χ4n) is 3.23. The number of nitrogens with two attached hydrogens (primary N) is 1. The van der Waals surface area contributed by atoms with E-state index < -0.39 is 6.04 Å². The van der Waals surface area contributed by atoms with E-state index in [-0.39, 0.29) is 24.1 Å². The molecule has 2 aromatic carbocycles. The number of carbonyl (C=O) groups excluding carboxylic acids is 2. The Morgan fingerprint density at radius 2 is 1.69 bits per heavy atom. The van der Waals surface area contributed by atoms with Crippen LogP contribution in [0.4, 0.5) is 0 Å². The third kappa shape index (κ3) is 8.06. The molecule has 2 aromatic rings. The Labute approximate surface area is 190 Å². The number of methoxy groups -OCH3 is 2. The monoisotopic (exact) mass is 439 g/mol. The largest absolute Gasteiger partial charge is 0.493 e. The van der Waals surface area contributed by atoms with Gasteiger partial charge in [0.05, 0.1) is 20.6 Å². The van der Waals surface area contributed by atoms with Crippen molar-refractivity contribution in [3.8, 4) is 11.5 Å². The topological polar surface area (TPSA) is 103 Å². The number of amides is 1. The lowest BCUT2D eigenvalue weighted by atomic mass is 9.97. The molecule has 0 aromatic heterocycles. The molecule has 0 radical (unpaired) electrons. The van der Waals surface area contributed by atoms with Crippen LogP contribution in [0.1, 0.15) is 37.8 Å². The van der Waals surface area contributed by atoms with E-state index >= 15 is 0 Å². The molecule has 7 heteroatoms. The van der Waals surface area contributed by atoms with Gasteiger partial charge in [0.1, 0.15) is 6.04 Å². The summed E-state index contributed by atoms with van der Waals surface area (Å²) in [5.41, 5.74) is 7.73. The Bertz CT molecular complexity index is 926. The molecule has 0 heterocycles. The summed E-state index contributed by atoms with van der Waals surface area (Å²) >= 11 is 0. The molecule has 0 saturated carbocycles. The summed E-state index contributed by atoms with van der Waals surface area (Å²) in [7, 11) is 3.09. The zero-order valence-corrected chi connectivity index (χ0v) is 19.3. The van der Waals surface area contributed by atoms with Crippen LogP contribution >= 0.6 is 0 Å². The van der Waals surface area contributed by atoms with Crippen molar-refractivity contribution in [2.75, 3.05) is 14.2 Å². The van der Waals surface area contributed by atoms with Gasteiger partial charge >= 0.3 is 0 Å². The molecule has 2 rings (SSSR count). The number of ketones is 1. The van der Waals surface area contributed by atoms with Gasteiger partial charge < -0.3 is 15.2 Å². The zero-order chi connectivity index (χ0) is 23.5. The summed E-state index contributed by atoms with van der Waals surface area (Å²) in [6.07, 6.45) is 1.72. The van der Waals surface area contributed by atoms with E-state index in [0.29, 0.717) is 30.3 Å².